The molecule has 102 valence electrons. The van der Waals surface area contributed by atoms with E-state index in [4.69, 9.17) is 5.73 Å². The van der Waals surface area contributed by atoms with E-state index < -0.39 is 6.04 Å². The molecular formula is C13H17N3OS2. The molecule has 1 aromatic carbocycles. The number of aromatic nitrogens is 1. The van der Waals surface area contributed by atoms with Crippen LogP contribution in [0.2, 0.25) is 0 Å². The van der Waals surface area contributed by atoms with Gasteiger partial charge in [-0.2, -0.15) is 0 Å². The highest BCUT2D eigenvalue weighted by Gasteiger charge is 2.17. The first-order valence-electron chi connectivity index (χ1n) is 6.02. The minimum Gasteiger partial charge on any atom is -0.325 e. The molecule has 0 spiro atoms. The quantitative estimate of drug-likeness (QED) is 0.851. The Morgan fingerprint density at radius 1 is 1.47 bits per heavy atom. The van der Waals surface area contributed by atoms with Crippen LogP contribution in [0.5, 0.6) is 0 Å². The summed E-state index contributed by atoms with van der Waals surface area (Å²) < 4.78 is 2.10. The molecule has 0 aliphatic carbocycles. The molecular weight excluding hydrogens is 278 g/mol. The van der Waals surface area contributed by atoms with Crippen LogP contribution in [0.4, 0.5) is 5.69 Å². The number of carbonyl (C=O) groups excluding carboxylic acids is 1. The number of nitrogens with one attached hydrogen (secondary N) is 1. The Hall–Kier alpha value is -1.11. The monoisotopic (exact) mass is 295 g/mol. The minimum absolute atomic E-state index is 0.121. The summed E-state index contributed by atoms with van der Waals surface area (Å²) in [5.74, 6) is -0.0285. The summed E-state index contributed by atoms with van der Waals surface area (Å²) in [6.45, 7) is 3.86. The van der Waals surface area contributed by atoms with Crippen molar-refractivity contribution in [2.45, 2.75) is 24.2 Å². The summed E-state index contributed by atoms with van der Waals surface area (Å²) in [4.78, 5) is 16.4. The molecule has 0 bridgehead atoms. The minimum atomic E-state index is -0.487. The number of amides is 1. The number of thioether (sulfide) groups is 1. The highest BCUT2D eigenvalue weighted by Crippen LogP contribution is 2.29. The molecule has 4 nitrogen and oxygen atoms in total. The Kier molecular flexibility index (Phi) is 4.44. The molecule has 0 saturated heterocycles. The lowest BCUT2D eigenvalue weighted by molar-refractivity contribution is -0.118. The lowest BCUT2D eigenvalue weighted by atomic mass is 10.1. The SMILES string of the molecule is CSc1nc2ccc(NC(=O)[C@@H](N)C(C)C)cc2s1. The van der Waals surface area contributed by atoms with Gasteiger partial charge in [0.25, 0.3) is 0 Å². The molecule has 6 heteroatoms. The zero-order valence-electron chi connectivity index (χ0n) is 11.1. The largest absolute Gasteiger partial charge is 0.325 e. The third-order valence-corrected chi connectivity index (χ3v) is 4.84. The molecule has 3 N–H and O–H groups in total. The highest BCUT2D eigenvalue weighted by atomic mass is 32.2. The van der Waals surface area contributed by atoms with Gasteiger partial charge in [0.1, 0.15) is 0 Å². The molecule has 1 heterocycles. The Labute approximate surface area is 120 Å². The molecule has 0 aliphatic heterocycles. The third-order valence-electron chi connectivity index (χ3n) is 2.83. The van der Waals surface area contributed by atoms with E-state index in [0.29, 0.717) is 0 Å². The van der Waals surface area contributed by atoms with Crippen LogP contribution in [0.15, 0.2) is 22.5 Å². The summed E-state index contributed by atoms with van der Waals surface area (Å²) in [5.41, 5.74) is 7.55. The van der Waals surface area contributed by atoms with Gasteiger partial charge in [0.05, 0.1) is 16.3 Å². The zero-order valence-corrected chi connectivity index (χ0v) is 12.8. The summed E-state index contributed by atoms with van der Waals surface area (Å²) in [6.07, 6.45) is 2.00. The van der Waals surface area contributed by atoms with E-state index in [-0.39, 0.29) is 11.8 Å². The maximum atomic E-state index is 11.9. The number of rotatable bonds is 4. The molecule has 2 rings (SSSR count). The fraction of sp³-hybridized carbons (Fsp3) is 0.385. The summed E-state index contributed by atoms with van der Waals surface area (Å²) in [7, 11) is 0. The first-order chi connectivity index (χ1) is 9.01. The van der Waals surface area contributed by atoms with Gasteiger partial charge >= 0.3 is 0 Å². The zero-order chi connectivity index (χ0) is 14.0. The second-order valence-electron chi connectivity index (χ2n) is 4.63. The highest BCUT2D eigenvalue weighted by molar-refractivity contribution is 8.00. The van der Waals surface area contributed by atoms with Gasteiger partial charge in [0.15, 0.2) is 4.34 Å². The van der Waals surface area contributed by atoms with E-state index in [1.54, 1.807) is 23.1 Å². The number of benzene rings is 1. The molecule has 19 heavy (non-hydrogen) atoms. The second kappa shape index (κ2) is 5.90. The smallest absolute Gasteiger partial charge is 0.241 e. The number of fused-ring (bicyclic) bond motifs is 1. The topological polar surface area (TPSA) is 68.0 Å². The number of thiazole rings is 1. The van der Waals surface area contributed by atoms with E-state index in [0.717, 1.165) is 20.2 Å². The van der Waals surface area contributed by atoms with Crippen molar-refractivity contribution in [3.63, 3.8) is 0 Å². The van der Waals surface area contributed by atoms with Gasteiger partial charge in [-0.1, -0.05) is 25.6 Å². The number of carbonyl (C=O) groups is 1. The van der Waals surface area contributed by atoms with Gasteiger partial charge < -0.3 is 11.1 Å². The van der Waals surface area contributed by atoms with Crippen molar-refractivity contribution in [1.29, 1.82) is 0 Å². The first kappa shape index (κ1) is 14.3. The average molecular weight is 295 g/mol. The van der Waals surface area contributed by atoms with Crippen molar-refractivity contribution < 1.29 is 4.79 Å². The predicted molar refractivity (Wildman–Crippen MR) is 82.8 cm³/mol. The average Bonchev–Trinajstić information content (AvgIpc) is 2.79. The van der Waals surface area contributed by atoms with Gasteiger partial charge in [-0.05, 0) is 30.4 Å². The number of hydrogen-bond acceptors (Lipinski definition) is 5. The Morgan fingerprint density at radius 2 is 2.21 bits per heavy atom. The number of anilines is 1. The lowest BCUT2D eigenvalue weighted by Gasteiger charge is -2.15. The number of nitrogens with zero attached hydrogens (tertiary/aromatic N) is 1. The Morgan fingerprint density at radius 3 is 2.84 bits per heavy atom. The van der Waals surface area contributed by atoms with Crippen LogP contribution in [0.25, 0.3) is 10.2 Å². The van der Waals surface area contributed by atoms with E-state index in [1.807, 2.05) is 38.3 Å². The molecule has 0 aliphatic rings. The van der Waals surface area contributed by atoms with Crippen LogP contribution < -0.4 is 11.1 Å². The van der Waals surface area contributed by atoms with Crippen molar-refractivity contribution in [2.24, 2.45) is 11.7 Å². The van der Waals surface area contributed by atoms with Gasteiger partial charge in [-0.3, -0.25) is 4.79 Å². The van der Waals surface area contributed by atoms with E-state index in [1.165, 1.54) is 0 Å². The molecule has 0 fully saturated rings. The second-order valence-corrected chi connectivity index (χ2v) is 6.71. The first-order valence-corrected chi connectivity index (χ1v) is 8.06. The lowest BCUT2D eigenvalue weighted by Crippen LogP contribution is -2.39. The Balaban J connectivity index is 2.19. The van der Waals surface area contributed by atoms with Gasteiger partial charge in [0, 0.05) is 5.69 Å². The maximum Gasteiger partial charge on any atom is 0.241 e. The van der Waals surface area contributed by atoms with Gasteiger partial charge in [0.2, 0.25) is 5.91 Å². The Bertz CT molecular complexity index is 595. The molecule has 1 atom stereocenters. The molecule has 1 amide bonds. The van der Waals surface area contributed by atoms with Crippen LogP contribution in [0.3, 0.4) is 0 Å². The molecule has 1 aromatic heterocycles. The third kappa shape index (κ3) is 3.26. The van der Waals surface area contributed by atoms with Gasteiger partial charge in [-0.25, -0.2) is 4.98 Å². The van der Waals surface area contributed by atoms with Crippen LogP contribution in [-0.4, -0.2) is 23.2 Å². The van der Waals surface area contributed by atoms with E-state index in [9.17, 15) is 4.79 Å². The van der Waals surface area contributed by atoms with Crippen LogP contribution >= 0.6 is 23.1 Å². The van der Waals surface area contributed by atoms with Crippen molar-refractivity contribution in [3.8, 4) is 0 Å². The van der Waals surface area contributed by atoms with E-state index >= 15 is 0 Å². The van der Waals surface area contributed by atoms with E-state index in [2.05, 4.69) is 10.3 Å². The molecule has 2 aromatic rings. The van der Waals surface area contributed by atoms with Crippen LogP contribution in [-0.2, 0) is 4.79 Å². The summed E-state index contributed by atoms with van der Waals surface area (Å²) in [5, 5.41) is 2.85. The molecule has 0 radical (unpaired) electrons. The van der Waals surface area contributed by atoms with Crippen molar-refractivity contribution >= 4 is 44.9 Å². The fourth-order valence-electron chi connectivity index (χ4n) is 1.60. The maximum absolute atomic E-state index is 11.9. The van der Waals surface area contributed by atoms with Crippen LogP contribution in [0.1, 0.15) is 13.8 Å². The number of hydrogen-bond donors (Lipinski definition) is 2. The van der Waals surface area contributed by atoms with Crippen molar-refractivity contribution in [1.82, 2.24) is 4.98 Å². The standard InChI is InChI=1S/C13H17N3OS2/c1-7(2)11(14)12(17)15-8-4-5-9-10(6-8)19-13(16-9)18-3/h4-7,11H,14H2,1-3H3,(H,15,17)/t11-/m0/s1. The van der Waals surface area contributed by atoms with Crippen molar-refractivity contribution in [3.05, 3.63) is 18.2 Å². The van der Waals surface area contributed by atoms with Crippen LogP contribution in [0, 0.1) is 5.92 Å². The molecule has 0 unspecified atom stereocenters. The van der Waals surface area contributed by atoms with Gasteiger partial charge in [-0.15, -0.1) is 11.3 Å². The fourth-order valence-corrected chi connectivity index (χ4v) is 3.13. The van der Waals surface area contributed by atoms with Crippen molar-refractivity contribution in [2.75, 3.05) is 11.6 Å². The number of nitrogens with two attached hydrogens (primary N) is 1. The normalized spacial score (nSPS) is 12.9. The summed E-state index contributed by atoms with van der Waals surface area (Å²) >= 11 is 3.25. The predicted octanol–water partition coefficient (Wildman–Crippen LogP) is 2.94. The summed E-state index contributed by atoms with van der Waals surface area (Å²) in [6, 6.07) is 5.23. The molecule has 0 saturated carbocycles.